The Morgan fingerprint density at radius 2 is 2.11 bits per heavy atom. The average Bonchev–Trinajstić information content (AvgIpc) is 2.24. The number of hydrogen-bond acceptors (Lipinski definition) is 1. The Morgan fingerprint density at radius 3 is 2.67 bits per heavy atom. The van der Waals surface area contributed by atoms with Crippen LogP contribution in [0.1, 0.15) is 39.2 Å². The first kappa shape index (κ1) is 15.0. The van der Waals surface area contributed by atoms with Gasteiger partial charge in [-0.3, -0.25) is 0 Å². The summed E-state index contributed by atoms with van der Waals surface area (Å²) in [5.41, 5.74) is -0.585. The Morgan fingerprint density at radius 1 is 1.44 bits per heavy atom. The summed E-state index contributed by atoms with van der Waals surface area (Å²) in [5, 5.41) is 10.4. The molecule has 0 amide bonds. The fraction of sp³-hybridized carbons (Fsp3) is 0.467. The van der Waals surface area contributed by atoms with Crippen LogP contribution in [0.25, 0.3) is 0 Å². The second-order valence-corrected chi connectivity index (χ2v) is 5.34. The van der Waals surface area contributed by atoms with E-state index in [1.807, 2.05) is 0 Å². The van der Waals surface area contributed by atoms with E-state index in [9.17, 15) is 9.50 Å². The SMILES string of the molecule is CCC(C)CC(C)(O)C#Cc1cc(F)cc(Cl)c1. The molecule has 1 aromatic rings. The lowest BCUT2D eigenvalue weighted by Gasteiger charge is -2.20. The van der Waals surface area contributed by atoms with Crippen molar-refractivity contribution in [1.82, 2.24) is 0 Å². The topological polar surface area (TPSA) is 20.2 Å². The van der Waals surface area contributed by atoms with E-state index >= 15 is 0 Å². The molecule has 0 saturated carbocycles. The van der Waals surface area contributed by atoms with E-state index in [0.29, 0.717) is 22.9 Å². The molecule has 98 valence electrons. The molecule has 0 heterocycles. The summed E-state index contributed by atoms with van der Waals surface area (Å²) >= 11 is 5.74. The molecule has 0 aliphatic carbocycles. The van der Waals surface area contributed by atoms with Gasteiger partial charge in [0.2, 0.25) is 0 Å². The van der Waals surface area contributed by atoms with Crippen LogP contribution in [-0.4, -0.2) is 10.7 Å². The van der Waals surface area contributed by atoms with Gasteiger partial charge in [0.1, 0.15) is 11.4 Å². The van der Waals surface area contributed by atoms with Crippen molar-refractivity contribution < 1.29 is 9.50 Å². The Labute approximate surface area is 113 Å². The van der Waals surface area contributed by atoms with Gasteiger partial charge in [0.25, 0.3) is 0 Å². The molecular weight excluding hydrogens is 251 g/mol. The maximum absolute atomic E-state index is 13.1. The van der Waals surface area contributed by atoms with Crippen LogP contribution < -0.4 is 0 Å². The van der Waals surface area contributed by atoms with Crippen LogP contribution in [0.5, 0.6) is 0 Å². The van der Waals surface area contributed by atoms with E-state index < -0.39 is 11.4 Å². The molecule has 1 N–H and O–H groups in total. The van der Waals surface area contributed by atoms with E-state index in [-0.39, 0.29) is 0 Å². The molecule has 1 nitrogen and oxygen atoms in total. The fourth-order valence-corrected chi connectivity index (χ4v) is 1.93. The summed E-state index contributed by atoms with van der Waals surface area (Å²) in [6, 6.07) is 4.11. The highest BCUT2D eigenvalue weighted by Crippen LogP contribution is 2.19. The summed E-state index contributed by atoms with van der Waals surface area (Å²) in [7, 11) is 0. The Balaban J connectivity index is 2.86. The molecule has 0 bridgehead atoms. The van der Waals surface area contributed by atoms with Crippen LogP contribution in [0.15, 0.2) is 18.2 Å². The van der Waals surface area contributed by atoms with E-state index in [4.69, 9.17) is 11.6 Å². The summed E-state index contributed by atoms with van der Waals surface area (Å²) in [5.74, 6) is 5.52. The first-order chi connectivity index (χ1) is 8.32. The zero-order valence-electron chi connectivity index (χ0n) is 10.9. The molecular formula is C15H18ClFO. The molecule has 1 rings (SSSR count). The summed E-state index contributed by atoms with van der Waals surface area (Å²) in [4.78, 5) is 0. The molecule has 2 unspecified atom stereocenters. The first-order valence-corrected chi connectivity index (χ1v) is 6.42. The largest absolute Gasteiger partial charge is 0.378 e. The number of aliphatic hydroxyl groups is 1. The Bertz CT molecular complexity index is 451. The van der Waals surface area contributed by atoms with Crippen molar-refractivity contribution in [2.45, 2.75) is 39.2 Å². The molecule has 0 aromatic heterocycles. The maximum Gasteiger partial charge on any atom is 0.125 e. The van der Waals surface area contributed by atoms with Crippen LogP contribution in [0, 0.1) is 23.6 Å². The predicted octanol–water partition coefficient (Wildman–Crippen LogP) is 4.02. The maximum atomic E-state index is 13.1. The average molecular weight is 269 g/mol. The highest BCUT2D eigenvalue weighted by Gasteiger charge is 2.19. The number of halogens is 2. The van der Waals surface area contributed by atoms with Gasteiger partial charge in [0.05, 0.1) is 0 Å². The lowest BCUT2D eigenvalue weighted by atomic mass is 9.92. The van der Waals surface area contributed by atoms with Gasteiger partial charge in [-0.15, -0.1) is 0 Å². The minimum Gasteiger partial charge on any atom is -0.378 e. The van der Waals surface area contributed by atoms with Gasteiger partial charge in [-0.2, -0.15) is 0 Å². The van der Waals surface area contributed by atoms with Crippen molar-refractivity contribution in [2.24, 2.45) is 5.92 Å². The summed E-state index contributed by atoms with van der Waals surface area (Å²) in [6.07, 6.45) is 1.59. The minimum atomic E-state index is -1.06. The van der Waals surface area contributed by atoms with Gasteiger partial charge < -0.3 is 5.11 Å². The molecule has 0 aliphatic rings. The van der Waals surface area contributed by atoms with Crippen LogP contribution >= 0.6 is 11.6 Å². The minimum absolute atomic E-state index is 0.306. The van der Waals surface area contributed by atoms with E-state index in [0.717, 1.165) is 6.42 Å². The van der Waals surface area contributed by atoms with Crippen LogP contribution in [-0.2, 0) is 0 Å². The van der Waals surface area contributed by atoms with Crippen molar-refractivity contribution in [1.29, 1.82) is 0 Å². The van der Waals surface area contributed by atoms with Crippen molar-refractivity contribution in [3.05, 3.63) is 34.6 Å². The number of benzene rings is 1. The summed E-state index contributed by atoms with van der Waals surface area (Å²) < 4.78 is 13.1. The Hall–Kier alpha value is -1.04. The van der Waals surface area contributed by atoms with Gasteiger partial charge in [0, 0.05) is 10.6 Å². The lowest BCUT2D eigenvalue weighted by molar-refractivity contribution is 0.0939. The van der Waals surface area contributed by atoms with Gasteiger partial charge >= 0.3 is 0 Å². The zero-order valence-corrected chi connectivity index (χ0v) is 11.7. The first-order valence-electron chi connectivity index (χ1n) is 6.04. The fourth-order valence-electron chi connectivity index (χ4n) is 1.71. The molecule has 0 spiro atoms. The quantitative estimate of drug-likeness (QED) is 0.821. The second kappa shape index (κ2) is 6.22. The van der Waals surface area contributed by atoms with Crippen LogP contribution in [0.2, 0.25) is 5.02 Å². The third kappa shape index (κ3) is 5.08. The third-order valence-corrected chi connectivity index (χ3v) is 3.00. The monoisotopic (exact) mass is 268 g/mol. The third-order valence-electron chi connectivity index (χ3n) is 2.78. The second-order valence-electron chi connectivity index (χ2n) is 4.90. The van der Waals surface area contributed by atoms with Crippen molar-refractivity contribution in [3.8, 4) is 11.8 Å². The molecule has 0 aliphatic heterocycles. The van der Waals surface area contributed by atoms with E-state index in [2.05, 4.69) is 25.7 Å². The molecule has 0 fully saturated rings. The molecule has 3 heteroatoms. The smallest absolute Gasteiger partial charge is 0.125 e. The van der Waals surface area contributed by atoms with Gasteiger partial charge in [-0.05, 0) is 37.5 Å². The van der Waals surface area contributed by atoms with E-state index in [1.54, 1.807) is 13.0 Å². The standard InChI is InChI=1S/C15H18ClFO/c1-4-11(2)10-15(3,18)6-5-12-7-13(16)9-14(17)8-12/h7-9,11,18H,4,10H2,1-3H3. The van der Waals surface area contributed by atoms with Gasteiger partial charge in [0.15, 0.2) is 0 Å². The highest BCUT2D eigenvalue weighted by atomic mass is 35.5. The zero-order chi connectivity index (χ0) is 13.8. The lowest BCUT2D eigenvalue weighted by Crippen LogP contribution is -2.24. The molecule has 2 atom stereocenters. The molecule has 0 radical (unpaired) electrons. The number of rotatable bonds is 3. The van der Waals surface area contributed by atoms with Crippen LogP contribution in [0.3, 0.4) is 0 Å². The van der Waals surface area contributed by atoms with Crippen molar-refractivity contribution in [3.63, 3.8) is 0 Å². The Kier molecular flexibility index (Phi) is 5.19. The van der Waals surface area contributed by atoms with E-state index in [1.165, 1.54) is 12.1 Å². The molecule has 1 aromatic carbocycles. The van der Waals surface area contributed by atoms with Crippen LogP contribution in [0.4, 0.5) is 4.39 Å². The predicted molar refractivity (Wildman–Crippen MR) is 73.0 cm³/mol. The number of hydrogen-bond donors (Lipinski definition) is 1. The van der Waals surface area contributed by atoms with Gasteiger partial charge in [-0.25, -0.2) is 4.39 Å². The van der Waals surface area contributed by atoms with Crippen molar-refractivity contribution in [2.75, 3.05) is 0 Å². The normalized spacial score (nSPS) is 15.4. The molecule has 0 saturated heterocycles. The summed E-state index contributed by atoms with van der Waals surface area (Å²) in [6.45, 7) is 5.81. The van der Waals surface area contributed by atoms with Crippen molar-refractivity contribution >= 4 is 11.6 Å². The van der Waals surface area contributed by atoms with Gasteiger partial charge in [-0.1, -0.05) is 43.7 Å². The molecule has 18 heavy (non-hydrogen) atoms. The highest BCUT2D eigenvalue weighted by molar-refractivity contribution is 6.30.